The van der Waals surface area contributed by atoms with Gasteiger partial charge in [0.2, 0.25) is 0 Å². The summed E-state index contributed by atoms with van der Waals surface area (Å²) in [5.41, 5.74) is 0.495. The summed E-state index contributed by atoms with van der Waals surface area (Å²) >= 11 is 0. The van der Waals surface area contributed by atoms with Crippen molar-refractivity contribution in [3.05, 3.63) is 54.6 Å². The number of rotatable bonds is 6. The quantitative estimate of drug-likeness (QED) is 0.886. The third-order valence-electron chi connectivity index (χ3n) is 3.11. The summed E-state index contributed by atoms with van der Waals surface area (Å²) in [4.78, 5) is 0.0713. The zero-order valence-electron chi connectivity index (χ0n) is 12.5. The molecular formula is C16H19NO4S. The van der Waals surface area contributed by atoms with Crippen molar-refractivity contribution in [2.45, 2.75) is 17.9 Å². The second kappa shape index (κ2) is 6.81. The van der Waals surface area contributed by atoms with E-state index in [1.807, 2.05) is 0 Å². The number of ether oxygens (including phenoxy) is 1. The van der Waals surface area contributed by atoms with Crippen molar-refractivity contribution < 1.29 is 18.3 Å². The zero-order valence-corrected chi connectivity index (χ0v) is 13.3. The Labute approximate surface area is 130 Å². The Hall–Kier alpha value is -2.05. The monoisotopic (exact) mass is 321 g/mol. The van der Waals surface area contributed by atoms with Crippen LogP contribution in [0.25, 0.3) is 0 Å². The van der Waals surface area contributed by atoms with E-state index in [-0.39, 0.29) is 17.2 Å². The molecule has 6 heteroatoms. The lowest BCUT2D eigenvalue weighted by molar-refractivity contribution is 0.204. The van der Waals surface area contributed by atoms with Crippen LogP contribution in [0.15, 0.2) is 59.5 Å². The Balaban J connectivity index is 2.55. The van der Waals surface area contributed by atoms with Crippen LogP contribution in [0.4, 0.5) is 5.69 Å². The molecule has 118 valence electrons. The van der Waals surface area contributed by atoms with Gasteiger partial charge in [-0.05, 0) is 31.2 Å². The van der Waals surface area contributed by atoms with Crippen molar-refractivity contribution in [1.29, 1.82) is 0 Å². The average Bonchev–Trinajstić information content (AvgIpc) is 2.53. The van der Waals surface area contributed by atoms with Gasteiger partial charge in [0.05, 0.1) is 25.4 Å². The molecule has 0 heterocycles. The van der Waals surface area contributed by atoms with Crippen molar-refractivity contribution in [2.75, 3.05) is 18.0 Å². The van der Waals surface area contributed by atoms with E-state index >= 15 is 0 Å². The smallest absolute Gasteiger partial charge is 0.268 e. The molecule has 0 spiro atoms. The number of sulfonamides is 1. The van der Waals surface area contributed by atoms with Crippen LogP contribution in [0.1, 0.15) is 6.92 Å². The molecule has 1 N–H and O–H groups in total. The standard InChI is InChI=1S/C16H19NO4S/c1-13(18)12-17(14-8-4-3-5-9-14)22(19,20)16-11-7-6-10-15(16)21-2/h3-11,13,18H,12H2,1-2H3/t13-/m1/s1. The van der Waals surface area contributed by atoms with E-state index in [9.17, 15) is 13.5 Å². The lowest BCUT2D eigenvalue weighted by Crippen LogP contribution is -2.36. The number of methoxy groups -OCH3 is 1. The molecule has 0 bridgehead atoms. The highest BCUT2D eigenvalue weighted by Crippen LogP contribution is 2.29. The first-order valence-corrected chi connectivity index (χ1v) is 8.29. The summed E-state index contributed by atoms with van der Waals surface area (Å²) < 4.78 is 32.3. The summed E-state index contributed by atoms with van der Waals surface area (Å²) in [7, 11) is -2.42. The van der Waals surface area contributed by atoms with Crippen LogP contribution in [-0.4, -0.2) is 33.3 Å². The second-order valence-electron chi connectivity index (χ2n) is 4.87. The minimum atomic E-state index is -3.84. The van der Waals surface area contributed by atoms with Crippen molar-refractivity contribution in [2.24, 2.45) is 0 Å². The van der Waals surface area contributed by atoms with Gasteiger partial charge in [-0.15, -0.1) is 0 Å². The summed E-state index contributed by atoms with van der Waals surface area (Å²) in [6.45, 7) is 1.51. The van der Waals surface area contributed by atoms with Gasteiger partial charge in [0.15, 0.2) is 0 Å². The van der Waals surface area contributed by atoms with Gasteiger partial charge in [-0.3, -0.25) is 4.31 Å². The van der Waals surface area contributed by atoms with Crippen LogP contribution >= 0.6 is 0 Å². The highest BCUT2D eigenvalue weighted by Gasteiger charge is 2.28. The maximum atomic E-state index is 13.0. The fourth-order valence-electron chi connectivity index (χ4n) is 2.13. The largest absolute Gasteiger partial charge is 0.495 e. The predicted octanol–water partition coefficient (Wildman–Crippen LogP) is 2.27. The summed E-state index contributed by atoms with van der Waals surface area (Å²) in [6.07, 6.45) is -0.801. The van der Waals surface area contributed by atoms with Gasteiger partial charge in [0, 0.05) is 0 Å². The lowest BCUT2D eigenvalue weighted by Gasteiger charge is -2.26. The van der Waals surface area contributed by atoms with Crippen LogP contribution in [0.2, 0.25) is 0 Å². The molecule has 1 atom stereocenters. The fourth-order valence-corrected chi connectivity index (χ4v) is 3.83. The summed E-state index contributed by atoms with van der Waals surface area (Å²) in [6, 6.07) is 15.1. The molecule has 0 aliphatic heterocycles. The first-order valence-electron chi connectivity index (χ1n) is 6.85. The van der Waals surface area contributed by atoms with Gasteiger partial charge < -0.3 is 9.84 Å². The first-order chi connectivity index (χ1) is 10.5. The molecule has 0 radical (unpaired) electrons. The molecule has 0 aromatic heterocycles. The molecule has 2 aromatic carbocycles. The number of nitrogens with zero attached hydrogens (tertiary/aromatic N) is 1. The van der Waals surface area contributed by atoms with E-state index in [2.05, 4.69) is 0 Å². The molecule has 0 amide bonds. The van der Waals surface area contributed by atoms with Crippen molar-refractivity contribution in [3.8, 4) is 5.75 Å². The lowest BCUT2D eigenvalue weighted by atomic mass is 10.3. The van der Waals surface area contributed by atoms with E-state index in [0.717, 1.165) is 0 Å². The number of hydrogen-bond donors (Lipinski definition) is 1. The minimum absolute atomic E-state index is 0.0373. The molecule has 0 fully saturated rings. The van der Waals surface area contributed by atoms with Crippen LogP contribution in [-0.2, 0) is 10.0 Å². The SMILES string of the molecule is COc1ccccc1S(=O)(=O)N(C[C@@H](C)O)c1ccccc1. The van der Waals surface area contributed by atoms with E-state index in [4.69, 9.17) is 4.74 Å². The summed E-state index contributed by atoms with van der Waals surface area (Å²) in [5.74, 6) is 0.272. The van der Waals surface area contributed by atoms with Crippen molar-refractivity contribution in [1.82, 2.24) is 0 Å². The number of para-hydroxylation sites is 2. The van der Waals surface area contributed by atoms with Gasteiger partial charge in [0.1, 0.15) is 10.6 Å². The fraction of sp³-hybridized carbons (Fsp3) is 0.250. The zero-order chi connectivity index (χ0) is 16.2. The molecule has 5 nitrogen and oxygen atoms in total. The Morgan fingerprint density at radius 2 is 1.68 bits per heavy atom. The van der Waals surface area contributed by atoms with Gasteiger partial charge >= 0.3 is 0 Å². The van der Waals surface area contributed by atoms with Gasteiger partial charge in [-0.2, -0.15) is 0 Å². The minimum Gasteiger partial charge on any atom is -0.495 e. The summed E-state index contributed by atoms with van der Waals surface area (Å²) in [5, 5.41) is 9.68. The van der Waals surface area contributed by atoms with Crippen molar-refractivity contribution in [3.63, 3.8) is 0 Å². The molecule has 0 unspecified atom stereocenters. The van der Waals surface area contributed by atoms with Gasteiger partial charge in [0.25, 0.3) is 10.0 Å². The second-order valence-corrected chi connectivity index (χ2v) is 6.70. The molecule has 0 aliphatic carbocycles. The van der Waals surface area contributed by atoms with Gasteiger partial charge in [-0.1, -0.05) is 30.3 Å². The third kappa shape index (κ3) is 3.40. The third-order valence-corrected chi connectivity index (χ3v) is 4.94. The number of aliphatic hydroxyl groups excluding tert-OH is 1. The maximum absolute atomic E-state index is 13.0. The highest BCUT2D eigenvalue weighted by molar-refractivity contribution is 7.93. The Kier molecular flexibility index (Phi) is 5.05. The van der Waals surface area contributed by atoms with Crippen LogP contribution < -0.4 is 9.04 Å². The number of anilines is 1. The van der Waals surface area contributed by atoms with Crippen LogP contribution in [0, 0.1) is 0 Å². The van der Waals surface area contributed by atoms with E-state index in [0.29, 0.717) is 5.69 Å². The average molecular weight is 321 g/mol. The van der Waals surface area contributed by atoms with Crippen LogP contribution in [0.5, 0.6) is 5.75 Å². The molecule has 2 rings (SSSR count). The van der Waals surface area contributed by atoms with E-state index in [1.54, 1.807) is 55.5 Å². The number of benzene rings is 2. The maximum Gasteiger partial charge on any atom is 0.268 e. The highest BCUT2D eigenvalue weighted by atomic mass is 32.2. The topological polar surface area (TPSA) is 66.8 Å². The molecule has 0 aliphatic rings. The van der Waals surface area contributed by atoms with Gasteiger partial charge in [-0.25, -0.2) is 8.42 Å². The Bertz CT molecular complexity index is 714. The molecule has 22 heavy (non-hydrogen) atoms. The number of hydrogen-bond acceptors (Lipinski definition) is 4. The molecule has 2 aromatic rings. The Morgan fingerprint density at radius 1 is 1.09 bits per heavy atom. The molecular weight excluding hydrogens is 302 g/mol. The van der Waals surface area contributed by atoms with E-state index < -0.39 is 16.1 Å². The first kappa shape index (κ1) is 16.3. The van der Waals surface area contributed by atoms with Crippen molar-refractivity contribution >= 4 is 15.7 Å². The number of aliphatic hydroxyl groups is 1. The van der Waals surface area contributed by atoms with E-state index in [1.165, 1.54) is 17.5 Å². The molecule has 0 saturated carbocycles. The predicted molar refractivity (Wildman–Crippen MR) is 85.6 cm³/mol. The normalized spacial score (nSPS) is 12.7. The van der Waals surface area contributed by atoms with Crippen LogP contribution in [0.3, 0.4) is 0 Å². The Morgan fingerprint density at radius 3 is 2.27 bits per heavy atom. The molecule has 0 saturated heterocycles.